The van der Waals surface area contributed by atoms with E-state index in [4.69, 9.17) is 10.6 Å². The molecule has 0 saturated heterocycles. The Morgan fingerprint density at radius 2 is 1.79 bits per heavy atom. The van der Waals surface area contributed by atoms with E-state index in [9.17, 15) is 9.59 Å². The highest BCUT2D eigenvalue weighted by Crippen LogP contribution is 2.14. The molecule has 2 N–H and O–H groups in total. The summed E-state index contributed by atoms with van der Waals surface area (Å²) in [6.45, 7) is 6.87. The Labute approximate surface area is 83.5 Å². The molecule has 0 spiro atoms. The van der Waals surface area contributed by atoms with Crippen molar-refractivity contribution in [2.45, 2.75) is 39.7 Å². The molecule has 0 aliphatic heterocycles. The predicted molar refractivity (Wildman–Crippen MR) is 49.9 cm³/mol. The second kappa shape index (κ2) is 4.95. The van der Waals surface area contributed by atoms with Gasteiger partial charge in [-0.05, 0) is 27.2 Å². The molecule has 5 heteroatoms. The minimum Gasteiger partial charge on any atom is -0.459 e. The maximum atomic E-state index is 11.4. The lowest BCUT2D eigenvalue weighted by molar-refractivity contribution is -0.169. The molecule has 5 nitrogen and oxygen atoms in total. The average molecular weight is 203 g/mol. The molecule has 0 aliphatic carbocycles. The average Bonchev–Trinajstić information content (AvgIpc) is 2.01. The molecule has 0 bridgehead atoms. The van der Waals surface area contributed by atoms with E-state index in [0.29, 0.717) is 6.42 Å². The van der Waals surface area contributed by atoms with Gasteiger partial charge in [0.15, 0.2) is 5.92 Å². The summed E-state index contributed by atoms with van der Waals surface area (Å²) in [5.41, 5.74) is -0.612. The normalized spacial score (nSPS) is 13.2. The topological polar surface area (TPSA) is 78.6 Å². The van der Waals surface area contributed by atoms with Crippen LogP contribution in [-0.2, 0) is 19.2 Å². The zero-order valence-corrected chi connectivity index (χ0v) is 8.99. The van der Waals surface area contributed by atoms with Crippen molar-refractivity contribution in [3.05, 3.63) is 0 Å². The van der Waals surface area contributed by atoms with E-state index in [1.54, 1.807) is 27.7 Å². The van der Waals surface area contributed by atoms with Gasteiger partial charge in [-0.3, -0.25) is 4.79 Å². The van der Waals surface area contributed by atoms with Gasteiger partial charge >= 0.3 is 11.9 Å². The van der Waals surface area contributed by atoms with Gasteiger partial charge in [0.1, 0.15) is 5.60 Å². The molecule has 82 valence electrons. The van der Waals surface area contributed by atoms with E-state index in [0.717, 1.165) is 0 Å². The third-order valence-corrected chi connectivity index (χ3v) is 1.50. The predicted octanol–water partition coefficient (Wildman–Crippen LogP) is 0.771. The number of nitrogens with two attached hydrogens (primary N) is 1. The number of ether oxygens (including phenoxy) is 1. The number of hydrogen-bond donors (Lipinski definition) is 1. The first-order valence-electron chi connectivity index (χ1n) is 4.45. The van der Waals surface area contributed by atoms with E-state index in [2.05, 4.69) is 4.84 Å². The molecule has 0 saturated carbocycles. The summed E-state index contributed by atoms with van der Waals surface area (Å²) in [4.78, 5) is 26.4. The maximum Gasteiger partial charge on any atom is 0.338 e. The number of rotatable bonds is 3. The van der Waals surface area contributed by atoms with Gasteiger partial charge in [0.05, 0.1) is 0 Å². The van der Waals surface area contributed by atoms with Crippen LogP contribution in [0.4, 0.5) is 0 Å². The van der Waals surface area contributed by atoms with Gasteiger partial charge in [-0.25, -0.2) is 4.79 Å². The van der Waals surface area contributed by atoms with Crippen LogP contribution in [0.25, 0.3) is 0 Å². The summed E-state index contributed by atoms with van der Waals surface area (Å²) in [6, 6.07) is 0. The standard InChI is InChI=1S/C9H17NO4/c1-5-6(8(12)14-10)7(11)13-9(2,3)4/h6H,5,10H2,1-4H3. The molecule has 0 aromatic heterocycles. The summed E-state index contributed by atoms with van der Waals surface area (Å²) in [5.74, 6) is 2.40. The Hall–Kier alpha value is -1.10. The summed E-state index contributed by atoms with van der Waals surface area (Å²) < 4.78 is 5.02. The molecule has 1 atom stereocenters. The number of esters is 1. The molecule has 1 unspecified atom stereocenters. The first-order valence-corrected chi connectivity index (χ1v) is 4.45. The van der Waals surface area contributed by atoms with Crippen LogP contribution in [0.15, 0.2) is 0 Å². The summed E-state index contributed by atoms with van der Waals surface area (Å²) in [5, 5.41) is 0. The molecule has 0 fully saturated rings. The smallest absolute Gasteiger partial charge is 0.338 e. The third kappa shape index (κ3) is 4.23. The van der Waals surface area contributed by atoms with Crippen LogP contribution in [0.1, 0.15) is 34.1 Å². The molecule has 0 aliphatic rings. The van der Waals surface area contributed by atoms with Crippen LogP contribution in [0, 0.1) is 5.92 Å². The summed E-state index contributed by atoms with van der Waals surface area (Å²) >= 11 is 0. The Morgan fingerprint density at radius 3 is 2.07 bits per heavy atom. The van der Waals surface area contributed by atoms with E-state index in [1.807, 2.05) is 0 Å². The Bertz CT molecular complexity index is 219. The molecule has 0 heterocycles. The fourth-order valence-corrected chi connectivity index (χ4v) is 0.885. The van der Waals surface area contributed by atoms with Crippen molar-refractivity contribution in [3.63, 3.8) is 0 Å². The van der Waals surface area contributed by atoms with Crippen molar-refractivity contribution in [2.24, 2.45) is 11.8 Å². The largest absolute Gasteiger partial charge is 0.459 e. The summed E-state index contributed by atoms with van der Waals surface area (Å²) in [7, 11) is 0. The van der Waals surface area contributed by atoms with Crippen LogP contribution < -0.4 is 5.90 Å². The number of carbonyl (C=O) groups excluding carboxylic acids is 2. The molecule has 0 amide bonds. The van der Waals surface area contributed by atoms with Crippen molar-refractivity contribution in [2.75, 3.05) is 0 Å². The molecular weight excluding hydrogens is 186 g/mol. The lowest BCUT2D eigenvalue weighted by Gasteiger charge is -2.22. The van der Waals surface area contributed by atoms with Crippen molar-refractivity contribution in [1.82, 2.24) is 0 Å². The molecular formula is C9H17NO4. The lowest BCUT2D eigenvalue weighted by atomic mass is 10.1. The second-order valence-electron chi connectivity index (χ2n) is 3.93. The monoisotopic (exact) mass is 203 g/mol. The fourth-order valence-electron chi connectivity index (χ4n) is 0.885. The van der Waals surface area contributed by atoms with Crippen LogP contribution in [0.5, 0.6) is 0 Å². The van der Waals surface area contributed by atoms with Crippen LogP contribution in [0.2, 0.25) is 0 Å². The third-order valence-electron chi connectivity index (χ3n) is 1.50. The van der Waals surface area contributed by atoms with Gasteiger partial charge in [-0.1, -0.05) is 6.92 Å². The fraction of sp³-hybridized carbons (Fsp3) is 0.778. The first-order chi connectivity index (χ1) is 6.31. The van der Waals surface area contributed by atoms with Gasteiger partial charge in [-0.15, -0.1) is 0 Å². The Morgan fingerprint density at radius 1 is 1.29 bits per heavy atom. The van der Waals surface area contributed by atoms with Gasteiger partial charge in [-0.2, -0.15) is 5.90 Å². The van der Waals surface area contributed by atoms with E-state index in [-0.39, 0.29) is 0 Å². The van der Waals surface area contributed by atoms with E-state index >= 15 is 0 Å². The molecule has 0 aromatic rings. The van der Waals surface area contributed by atoms with Gasteiger partial charge in [0.25, 0.3) is 0 Å². The zero-order chi connectivity index (χ0) is 11.4. The highest BCUT2D eigenvalue weighted by molar-refractivity contribution is 5.94. The zero-order valence-electron chi connectivity index (χ0n) is 8.99. The number of carbonyl (C=O) groups is 2. The molecule has 0 aromatic carbocycles. The van der Waals surface area contributed by atoms with Crippen molar-refractivity contribution >= 4 is 11.9 Å². The van der Waals surface area contributed by atoms with Crippen LogP contribution in [0.3, 0.4) is 0 Å². The minimum atomic E-state index is -0.931. The van der Waals surface area contributed by atoms with Gasteiger partial charge < -0.3 is 9.57 Å². The van der Waals surface area contributed by atoms with Gasteiger partial charge in [0.2, 0.25) is 0 Å². The van der Waals surface area contributed by atoms with Crippen molar-refractivity contribution < 1.29 is 19.2 Å². The summed E-state index contributed by atoms with van der Waals surface area (Å²) in [6.07, 6.45) is 0.310. The van der Waals surface area contributed by atoms with E-state index < -0.39 is 23.5 Å². The maximum absolute atomic E-state index is 11.4. The van der Waals surface area contributed by atoms with E-state index in [1.165, 1.54) is 0 Å². The van der Waals surface area contributed by atoms with Crippen molar-refractivity contribution in [1.29, 1.82) is 0 Å². The van der Waals surface area contributed by atoms with Crippen LogP contribution >= 0.6 is 0 Å². The minimum absolute atomic E-state index is 0.310. The quantitative estimate of drug-likeness (QED) is 0.416. The molecule has 14 heavy (non-hydrogen) atoms. The lowest BCUT2D eigenvalue weighted by Crippen LogP contribution is -2.34. The van der Waals surface area contributed by atoms with Crippen LogP contribution in [-0.4, -0.2) is 17.5 Å². The highest BCUT2D eigenvalue weighted by atomic mass is 16.7. The highest BCUT2D eigenvalue weighted by Gasteiger charge is 2.30. The SMILES string of the molecule is CCC(C(=O)ON)C(=O)OC(C)(C)C. The Balaban J connectivity index is 4.40. The van der Waals surface area contributed by atoms with Crippen molar-refractivity contribution in [3.8, 4) is 0 Å². The second-order valence-corrected chi connectivity index (χ2v) is 3.93. The van der Waals surface area contributed by atoms with Gasteiger partial charge in [0, 0.05) is 0 Å². The first kappa shape index (κ1) is 12.9. The molecule has 0 radical (unpaired) electrons. The Kier molecular flexibility index (Phi) is 4.56. The number of hydrogen-bond acceptors (Lipinski definition) is 5. The molecule has 0 rings (SSSR count).